The maximum atomic E-state index is 12.8. The van der Waals surface area contributed by atoms with Gasteiger partial charge in [-0.15, -0.1) is 10.2 Å². The van der Waals surface area contributed by atoms with Gasteiger partial charge >= 0.3 is 0 Å². The summed E-state index contributed by atoms with van der Waals surface area (Å²) in [5, 5.41) is 11.9. The summed E-state index contributed by atoms with van der Waals surface area (Å²) in [6.45, 7) is 8.62. The first-order valence-electron chi connectivity index (χ1n) is 10.6. The van der Waals surface area contributed by atoms with E-state index in [1.807, 2.05) is 62.1 Å². The summed E-state index contributed by atoms with van der Waals surface area (Å²) < 4.78 is 0. The predicted molar refractivity (Wildman–Crippen MR) is 126 cm³/mol. The quantitative estimate of drug-likeness (QED) is 0.670. The Morgan fingerprint density at radius 3 is 2.19 bits per heavy atom. The number of hydrogen-bond donors (Lipinski definition) is 1. The van der Waals surface area contributed by atoms with Crippen molar-refractivity contribution < 1.29 is 4.79 Å². The van der Waals surface area contributed by atoms with Gasteiger partial charge in [-0.3, -0.25) is 4.79 Å². The number of carbonyl (C=O) groups excluding carboxylic acids is 1. The number of anilines is 1. The maximum Gasteiger partial charge on any atom is 0.240 e. The number of carbonyl (C=O) groups is 1. The van der Waals surface area contributed by atoms with Gasteiger partial charge in [0.05, 0.1) is 6.04 Å². The third-order valence-electron chi connectivity index (χ3n) is 5.88. The molecule has 0 aliphatic carbocycles. The van der Waals surface area contributed by atoms with Crippen molar-refractivity contribution in [1.82, 2.24) is 15.1 Å². The minimum atomic E-state index is -0.502. The second kappa shape index (κ2) is 8.44. The Kier molecular flexibility index (Phi) is 5.86. The van der Waals surface area contributed by atoms with Crippen molar-refractivity contribution in [2.45, 2.75) is 26.8 Å². The second-order valence-electron chi connectivity index (χ2n) is 9.08. The smallest absolute Gasteiger partial charge is 0.240 e. The standard InChI is InChI=1S/C24H28ClN5O/c1-24(2,3)21(26)23(31)30-14-12-29(13-15-30)22-19-7-5-4-6-18(19)20(27-28-22)16-8-10-17(25)11-9-16/h4-11,21H,12-15,26H2,1-3H3. The van der Waals surface area contributed by atoms with Crippen LogP contribution in [0.4, 0.5) is 5.82 Å². The van der Waals surface area contributed by atoms with Gasteiger partial charge in [0.1, 0.15) is 5.69 Å². The Morgan fingerprint density at radius 2 is 1.58 bits per heavy atom. The molecule has 6 nitrogen and oxygen atoms in total. The van der Waals surface area contributed by atoms with E-state index in [1.54, 1.807) is 0 Å². The van der Waals surface area contributed by atoms with Crippen LogP contribution in [0.2, 0.25) is 5.02 Å². The zero-order chi connectivity index (χ0) is 22.2. The summed E-state index contributed by atoms with van der Waals surface area (Å²) in [6.07, 6.45) is 0. The van der Waals surface area contributed by atoms with E-state index in [9.17, 15) is 4.79 Å². The number of benzene rings is 2. The largest absolute Gasteiger partial charge is 0.351 e. The van der Waals surface area contributed by atoms with Crippen molar-refractivity contribution in [3.63, 3.8) is 0 Å². The molecule has 1 amide bonds. The first-order valence-corrected chi connectivity index (χ1v) is 10.9. The van der Waals surface area contributed by atoms with Crippen LogP contribution >= 0.6 is 11.6 Å². The van der Waals surface area contributed by atoms with E-state index < -0.39 is 6.04 Å². The predicted octanol–water partition coefficient (Wildman–Crippen LogP) is 3.97. The molecule has 2 heterocycles. The number of fused-ring (bicyclic) bond motifs is 1. The molecule has 0 spiro atoms. The SMILES string of the molecule is CC(C)(C)C(N)C(=O)N1CCN(c2nnc(-c3ccc(Cl)cc3)c3ccccc23)CC1. The van der Waals surface area contributed by atoms with E-state index in [-0.39, 0.29) is 11.3 Å². The van der Waals surface area contributed by atoms with Crippen LogP contribution in [0.25, 0.3) is 22.0 Å². The zero-order valence-corrected chi connectivity index (χ0v) is 18.9. The number of piperazine rings is 1. The summed E-state index contributed by atoms with van der Waals surface area (Å²) in [4.78, 5) is 16.8. The molecule has 0 saturated carbocycles. The monoisotopic (exact) mass is 437 g/mol. The lowest BCUT2D eigenvalue weighted by Crippen LogP contribution is -2.56. The zero-order valence-electron chi connectivity index (χ0n) is 18.2. The molecule has 1 aromatic heterocycles. The fourth-order valence-electron chi connectivity index (χ4n) is 3.85. The van der Waals surface area contributed by atoms with Crippen molar-refractivity contribution in [3.8, 4) is 11.3 Å². The highest BCUT2D eigenvalue weighted by Crippen LogP contribution is 2.32. The topological polar surface area (TPSA) is 75.4 Å². The van der Waals surface area contributed by atoms with Gasteiger partial charge < -0.3 is 15.5 Å². The average Bonchev–Trinajstić information content (AvgIpc) is 2.77. The van der Waals surface area contributed by atoms with Crippen molar-refractivity contribution in [2.75, 3.05) is 31.1 Å². The highest BCUT2D eigenvalue weighted by atomic mass is 35.5. The highest BCUT2D eigenvalue weighted by molar-refractivity contribution is 6.30. The van der Waals surface area contributed by atoms with Crippen LogP contribution in [0, 0.1) is 5.41 Å². The Hall–Kier alpha value is -2.70. The molecule has 0 bridgehead atoms. The van der Waals surface area contributed by atoms with Crippen molar-refractivity contribution >= 4 is 34.1 Å². The van der Waals surface area contributed by atoms with Gasteiger partial charge in [-0.05, 0) is 17.5 Å². The average molecular weight is 438 g/mol. The molecule has 1 aliphatic rings. The van der Waals surface area contributed by atoms with Crippen LogP contribution in [-0.4, -0.2) is 53.2 Å². The van der Waals surface area contributed by atoms with Crippen LogP contribution in [0.3, 0.4) is 0 Å². The fraction of sp³-hybridized carbons (Fsp3) is 0.375. The summed E-state index contributed by atoms with van der Waals surface area (Å²) in [5.74, 6) is 0.863. The van der Waals surface area contributed by atoms with Gasteiger partial charge in [-0.25, -0.2) is 0 Å². The summed E-state index contributed by atoms with van der Waals surface area (Å²) in [7, 11) is 0. The number of halogens is 1. The lowest BCUT2D eigenvalue weighted by Gasteiger charge is -2.38. The molecule has 0 radical (unpaired) electrons. The van der Waals surface area contributed by atoms with E-state index >= 15 is 0 Å². The van der Waals surface area contributed by atoms with Gasteiger partial charge in [0.2, 0.25) is 5.91 Å². The number of aromatic nitrogens is 2. The van der Waals surface area contributed by atoms with Crippen LogP contribution in [0.5, 0.6) is 0 Å². The molecule has 1 aliphatic heterocycles. The number of hydrogen-bond acceptors (Lipinski definition) is 5. The number of nitrogens with two attached hydrogens (primary N) is 1. The van der Waals surface area contributed by atoms with Gasteiger partial charge in [0.15, 0.2) is 5.82 Å². The van der Waals surface area contributed by atoms with E-state index in [1.165, 1.54) is 0 Å². The summed E-state index contributed by atoms with van der Waals surface area (Å²) in [5.41, 5.74) is 7.75. The molecule has 2 aromatic carbocycles. The number of rotatable bonds is 3. The first kappa shape index (κ1) is 21.5. The number of nitrogens with zero attached hydrogens (tertiary/aromatic N) is 4. The third-order valence-corrected chi connectivity index (χ3v) is 6.13. The van der Waals surface area contributed by atoms with Crippen molar-refractivity contribution in [2.24, 2.45) is 11.1 Å². The van der Waals surface area contributed by atoms with E-state index in [0.717, 1.165) is 27.8 Å². The molecule has 1 atom stereocenters. The molecular weight excluding hydrogens is 410 g/mol. The van der Waals surface area contributed by atoms with Gasteiger partial charge in [-0.2, -0.15) is 0 Å². The first-order chi connectivity index (χ1) is 14.8. The molecule has 1 saturated heterocycles. The van der Waals surface area contributed by atoms with E-state index in [2.05, 4.69) is 27.2 Å². The maximum absolute atomic E-state index is 12.8. The molecule has 2 N–H and O–H groups in total. The highest BCUT2D eigenvalue weighted by Gasteiger charge is 2.33. The second-order valence-corrected chi connectivity index (χ2v) is 9.52. The molecule has 4 rings (SSSR count). The molecule has 3 aromatic rings. The van der Waals surface area contributed by atoms with Crippen LogP contribution in [-0.2, 0) is 4.79 Å². The van der Waals surface area contributed by atoms with Crippen molar-refractivity contribution in [3.05, 3.63) is 53.6 Å². The lowest BCUT2D eigenvalue weighted by atomic mass is 9.86. The van der Waals surface area contributed by atoms with Gasteiger partial charge in [0.25, 0.3) is 0 Å². The lowest BCUT2D eigenvalue weighted by molar-refractivity contribution is -0.135. The summed E-state index contributed by atoms with van der Waals surface area (Å²) in [6, 6.07) is 15.3. The minimum Gasteiger partial charge on any atom is -0.351 e. The minimum absolute atomic E-state index is 0.0150. The Morgan fingerprint density at radius 1 is 0.968 bits per heavy atom. The van der Waals surface area contributed by atoms with Crippen molar-refractivity contribution in [1.29, 1.82) is 0 Å². The summed E-state index contributed by atoms with van der Waals surface area (Å²) >= 11 is 6.04. The van der Waals surface area contributed by atoms with Crippen LogP contribution < -0.4 is 10.6 Å². The Bertz CT molecular complexity index is 1090. The Balaban J connectivity index is 1.58. The van der Waals surface area contributed by atoms with Crippen LogP contribution in [0.1, 0.15) is 20.8 Å². The Labute approximate surface area is 188 Å². The molecule has 162 valence electrons. The fourth-order valence-corrected chi connectivity index (χ4v) is 3.98. The van der Waals surface area contributed by atoms with E-state index in [4.69, 9.17) is 17.3 Å². The van der Waals surface area contributed by atoms with Crippen LogP contribution in [0.15, 0.2) is 48.5 Å². The van der Waals surface area contributed by atoms with Gasteiger partial charge in [0, 0.05) is 47.5 Å². The molecule has 1 unspecified atom stereocenters. The molecule has 1 fully saturated rings. The molecular formula is C24H28ClN5O. The molecule has 7 heteroatoms. The van der Waals surface area contributed by atoms with E-state index in [0.29, 0.717) is 31.2 Å². The van der Waals surface area contributed by atoms with Gasteiger partial charge in [-0.1, -0.05) is 68.8 Å². The number of amides is 1. The normalized spacial score (nSPS) is 15.9. The third kappa shape index (κ3) is 4.36. The molecule has 31 heavy (non-hydrogen) atoms.